The molecule has 1 aromatic rings. The second kappa shape index (κ2) is 6.75. The Balaban J connectivity index is 3.12. The Labute approximate surface area is 128 Å². The SMILES string of the molecule is CCOC(=O)c1cc(CC)sc1NS(=O)(=O)CS(C)(=O)=O. The van der Waals surface area contributed by atoms with Crippen molar-refractivity contribution in [2.75, 3.05) is 22.7 Å². The van der Waals surface area contributed by atoms with Gasteiger partial charge in [-0.05, 0) is 19.4 Å². The molecule has 0 unspecified atom stereocenters. The number of ether oxygens (including phenoxy) is 1. The normalized spacial score (nSPS) is 12.1. The van der Waals surface area contributed by atoms with Gasteiger partial charge in [0, 0.05) is 11.1 Å². The fourth-order valence-corrected chi connectivity index (χ4v) is 5.77. The van der Waals surface area contributed by atoms with E-state index in [2.05, 4.69) is 4.72 Å². The van der Waals surface area contributed by atoms with Gasteiger partial charge >= 0.3 is 5.97 Å². The number of anilines is 1. The highest BCUT2D eigenvalue weighted by atomic mass is 32.3. The molecule has 1 rings (SSSR count). The van der Waals surface area contributed by atoms with E-state index in [-0.39, 0.29) is 17.2 Å². The van der Waals surface area contributed by atoms with E-state index in [1.54, 1.807) is 13.0 Å². The number of rotatable bonds is 7. The lowest BCUT2D eigenvalue weighted by atomic mass is 10.2. The fraction of sp³-hybridized carbons (Fsp3) is 0.545. The molecule has 0 spiro atoms. The van der Waals surface area contributed by atoms with Crippen LogP contribution in [0, 0.1) is 0 Å². The number of nitrogens with one attached hydrogen (secondary N) is 1. The highest BCUT2D eigenvalue weighted by molar-refractivity contribution is 8.08. The predicted octanol–water partition coefficient (Wildman–Crippen LogP) is 1.23. The van der Waals surface area contributed by atoms with Gasteiger partial charge in [0.1, 0.15) is 5.00 Å². The van der Waals surface area contributed by atoms with E-state index in [0.717, 1.165) is 22.5 Å². The van der Waals surface area contributed by atoms with Crippen LogP contribution in [-0.2, 0) is 31.0 Å². The molecule has 0 aromatic carbocycles. The number of sulfonamides is 1. The summed E-state index contributed by atoms with van der Waals surface area (Å²) in [5.41, 5.74) is 0.0933. The van der Waals surface area contributed by atoms with Crippen LogP contribution in [0.15, 0.2) is 6.07 Å². The topological polar surface area (TPSA) is 107 Å². The van der Waals surface area contributed by atoms with E-state index in [9.17, 15) is 21.6 Å². The number of hydrogen-bond acceptors (Lipinski definition) is 7. The van der Waals surface area contributed by atoms with Gasteiger partial charge in [0.15, 0.2) is 14.9 Å². The van der Waals surface area contributed by atoms with Crippen LogP contribution in [0.5, 0.6) is 0 Å². The maximum absolute atomic E-state index is 11.8. The molecule has 0 fully saturated rings. The first-order chi connectivity index (χ1) is 9.58. The van der Waals surface area contributed by atoms with Crippen LogP contribution in [0.4, 0.5) is 5.00 Å². The van der Waals surface area contributed by atoms with Gasteiger partial charge in [-0.1, -0.05) is 6.92 Å². The fourth-order valence-electron chi connectivity index (χ4n) is 1.51. The molecule has 1 N–H and O–H groups in total. The van der Waals surface area contributed by atoms with Crippen LogP contribution in [0.25, 0.3) is 0 Å². The average molecular weight is 355 g/mol. The summed E-state index contributed by atoms with van der Waals surface area (Å²) in [6.45, 7) is 3.65. The Bertz CT molecular complexity index is 717. The van der Waals surface area contributed by atoms with Gasteiger partial charge in [0.2, 0.25) is 10.0 Å². The van der Waals surface area contributed by atoms with Crippen LogP contribution in [0.2, 0.25) is 0 Å². The Morgan fingerprint density at radius 3 is 2.38 bits per heavy atom. The monoisotopic (exact) mass is 355 g/mol. The third-order valence-corrected chi connectivity index (χ3v) is 7.04. The maximum atomic E-state index is 11.8. The van der Waals surface area contributed by atoms with E-state index in [4.69, 9.17) is 4.74 Å². The zero-order valence-electron chi connectivity index (χ0n) is 11.9. The molecule has 120 valence electrons. The van der Waals surface area contributed by atoms with Crippen LogP contribution in [0.1, 0.15) is 29.1 Å². The van der Waals surface area contributed by atoms with Crippen molar-refractivity contribution in [3.05, 3.63) is 16.5 Å². The summed E-state index contributed by atoms with van der Waals surface area (Å²) in [5.74, 6) is -0.648. The van der Waals surface area contributed by atoms with Crippen molar-refractivity contribution in [1.82, 2.24) is 0 Å². The number of thiophene rings is 1. The van der Waals surface area contributed by atoms with Crippen molar-refractivity contribution in [1.29, 1.82) is 0 Å². The molecule has 1 heterocycles. The highest BCUT2D eigenvalue weighted by Crippen LogP contribution is 2.30. The molecule has 21 heavy (non-hydrogen) atoms. The van der Waals surface area contributed by atoms with Gasteiger partial charge in [-0.3, -0.25) is 4.72 Å². The minimum atomic E-state index is -4.09. The molecule has 0 aliphatic carbocycles. The highest BCUT2D eigenvalue weighted by Gasteiger charge is 2.23. The number of carbonyl (C=O) groups excluding carboxylic acids is 1. The Hall–Kier alpha value is -1.13. The molecule has 0 saturated carbocycles. The molecule has 0 aliphatic heterocycles. The first-order valence-electron chi connectivity index (χ1n) is 6.06. The zero-order valence-corrected chi connectivity index (χ0v) is 14.3. The van der Waals surface area contributed by atoms with Gasteiger partial charge in [0.25, 0.3) is 0 Å². The molecule has 7 nitrogen and oxygen atoms in total. The molecule has 0 aliphatic rings. The van der Waals surface area contributed by atoms with E-state index < -0.39 is 30.9 Å². The minimum absolute atomic E-state index is 0.0777. The smallest absolute Gasteiger partial charge is 0.341 e. The number of carbonyl (C=O) groups is 1. The van der Waals surface area contributed by atoms with Crippen molar-refractivity contribution in [3.63, 3.8) is 0 Å². The summed E-state index contributed by atoms with van der Waals surface area (Å²) in [4.78, 5) is 12.6. The molecule has 0 amide bonds. The lowest BCUT2D eigenvalue weighted by Crippen LogP contribution is -2.22. The second-order valence-electron chi connectivity index (χ2n) is 4.29. The van der Waals surface area contributed by atoms with Crippen molar-refractivity contribution in [2.24, 2.45) is 0 Å². The summed E-state index contributed by atoms with van der Waals surface area (Å²) in [6.07, 6.45) is 1.44. The largest absolute Gasteiger partial charge is 0.462 e. The minimum Gasteiger partial charge on any atom is -0.462 e. The number of esters is 1. The van der Waals surface area contributed by atoms with Crippen LogP contribution in [-0.4, -0.2) is 40.8 Å². The predicted molar refractivity (Wildman–Crippen MR) is 81.9 cm³/mol. The summed E-state index contributed by atoms with van der Waals surface area (Å²) >= 11 is 1.08. The number of hydrogen-bond donors (Lipinski definition) is 1. The van der Waals surface area contributed by atoms with Crippen LogP contribution in [0.3, 0.4) is 0 Å². The van der Waals surface area contributed by atoms with E-state index in [1.807, 2.05) is 6.92 Å². The molecule has 0 bridgehead atoms. The summed E-state index contributed by atoms with van der Waals surface area (Å²) in [7, 11) is -7.80. The lowest BCUT2D eigenvalue weighted by Gasteiger charge is -2.07. The molecule has 1 aromatic heterocycles. The van der Waals surface area contributed by atoms with Crippen LogP contribution < -0.4 is 4.72 Å². The summed E-state index contributed by atoms with van der Waals surface area (Å²) in [5, 5.41) is -0.962. The third-order valence-electron chi connectivity index (χ3n) is 2.24. The second-order valence-corrected chi connectivity index (χ2v) is 9.65. The Kier molecular flexibility index (Phi) is 5.76. The Morgan fingerprint density at radius 2 is 1.90 bits per heavy atom. The van der Waals surface area contributed by atoms with Gasteiger partial charge < -0.3 is 4.74 Å². The van der Waals surface area contributed by atoms with Crippen molar-refractivity contribution >= 4 is 42.2 Å². The van der Waals surface area contributed by atoms with Gasteiger partial charge in [-0.25, -0.2) is 21.6 Å². The van der Waals surface area contributed by atoms with Crippen molar-refractivity contribution in [3.8, 4) is 0 Å². The van der Waals surface area contributed by atoms with E-state index in [0.29, 0.717) is 6.42 Å². The molecular weight excluding hydrogens is 338 g/mol. The maximum Gasteiger partial charge on any atom is 0.341 e. The lowest BCUT2D eigenvalue weighted by molar-refractivity contribution is 0.0528. The molecule has 0 atom stereocenters. The first kappa shape index (κ1) is 17.9. The molecule has 0 saturated heterocycles. The average Bonchev–Trinajstić information content (AvgIpc) is 2.68. The van der Waals surface area contributed by atoms with E-state index >= 15 is 0 Å². The Morgan fingerprint density at radius 1 is 1.29 bits per heavy atom. The zero-order chi connectivity index (χ0) is 16.3. The third kappa shape index (κ3) is 5.64. The van der Waals surface area contributed by atoms with Gasteiger partial charge in [-0.2, -0.15) is 0 Å². The van der Waals surface area contributed by atoms with Crippen molar-refractivity contribution < 1.29 is 26.4 Å². The van der Waals surface area contributed by atoms with Gasteiger partial charge in [0.05, 0.1) is 12.2 Å². The molecule has 10 heteroatoms. The standard InChI is InChI=1S/C11H17NO6S3/c1-4-8-6-9(11(13)18-5-2)10(19-8)12-21(16,17)7-20(3,14)15/h6,12H,4-5,7H2,1-3H3. The van der Waals surface area contributed by atoms with E-state index in [1.165, 1.54) is 0 Å². The first-order valence-corrected chi connectivity index (χ1v) is 10.6. The van der Waals surface area contributed by atoms with Crippen LogP contribution >= 0.6 is 11.3 Å². The number of sulfone groups is 1. The summed E-state index contributed by atoms with van der Waals surface area (Å²) in [6, 6.07) is 1.54. The van der Waals surface area contributed by atoms with Crippen molar-refractivity contribution in [2.45, 2.75) is 20.3 Å². The van der Waals surface area contributed by atoms with Gasteiger partial charge in [-0.15, -0.1) is 11.3 Å². The molecule has 0 radical (unpaired) electrons. The summed E-state index contributed by atoms with van der Waals surface area (Å²) < 4.78 is 52.8. The molecular formula is C11H17NO6S3. The quantitative estimate of drug-likeness (QED) is 0.737. The number of aryl methyl sites for hydroxylation is 1.